The molecule has 0 saturated carbocycles. The third-order valence-electron chi connectivity index (χ3n) is 4.01. The number of benzene rings is 1. The number of carbonyl (C=O) groups excluding carboxylic acids is 2. The highest BCUT2D eigenvalue weighted by atomic mass is 16.2. The van der Waals surface area contributed by atoms with Crippen molar-refractivity contribution in [1.29, 1.82) is 0 Å². The zero-order valence-corrected chi connectivity index (χ0v) is 11.2. The average molecular weight is 255 g/mol. The smallest absolute Gasteiger partial charge is 0.262 e. The Balaban J connectivity index is 1.93. The maximum absolute atomic E-state index is 12.3. The van der Waals surface area contributed by atoms with Crippen molar-refractivity contribution in [2.24, 2.45) is 5.41 Å². The van der Waals surface area contributed by atoms with Crippen LogP contribution in [0.3, 0.4) is 0 Å². The monoisotopic (exact) mass is 255 g/mol. The maximum atomic E-state index is 12.3. The molecule has 19 heavy (non-hydrogen) atoms. The van der Waals surface area contributed by atoms with Gasteiger partial charge in [-0.15, -0.1) is 0 Å². The van der Waals surface area contributed by atoms with Gasteiger partial charge in [0.15, 0.2) is 0 Å². The summed E-state index contributed by atoms with van der Waals surface area (Å²) in [6.45, 7) is 4.34. The Morgan fingerprint density at radius 1 is 1.11 bits per heavy atom. The summed E-state index contributed by atoms with van der Waals surface area (Å²) in [5.41, 5.74) is 1.23. The van der Waals surface area contributed by atoms with Crippen molar-refractivity contribution in [2.75, 3.05) is 0 Å². The van der Waals surface area contributed by atoms with Gasteiger partial charge in [-0.2, -0.15) is 0 Å². The molecule has 1 atom stereocenters. The molecule has 1 aliphatic heterocycles. The van der Waals surface area contributed by atoms with Crippen LogP contribution >= 0.6 is 0 Å². The van der Waals surface area contributed by atoms with Crippen LogP contribution in [0, 0.1) is 5.41 Å². The van der Waals surface area contributed by atoms with Gasteiger partial charge < -0.3 is 0 Å². The number of allylic oxidation sites excluding steroid dienone is 1. The van der Waals surface area contributed by atoms with E-state index in [4.69, 9.17) is 0 Å². The molecule has 0 fully saturated rings. The topological polar surface area (TPSA) is 37.4 Å². The van der Waals surface area contributed by atoms with Crippen molar-refractivity contribution in [3.05, 3.63) is 47.5 Å². The van der Waals surface area contributed by atoms with Gasteiger partial charge in [0.25, 0.3) is 11.8 Å². The van der Waals surface area contributed by atoms with E-state index in [-0.39, 0.29) is 23.3 Å². The Morgan fingerprint density at radius 3 is 2.16 bits per heavy atom. The molecule has 98 valence electrons. The second-order valence-electron chi connectivity index (χ2n) is 5.98. The van der Waals surface area contributed by atoms with Gasteiger partial charge in [0.1, 0.15) is 0 Å². The Morgan fingerprint density at radius 2 is 1.68 bits per heavy atom. The number of rotatable bonds is 1. The first kappa shape index (κ1) is 12.2. The summed E-state index contributed by atoms with van der Waals surface area (Å²) in [6, 6.07) is 6.96. The molecule has 1 heterocycles. The molecular formula is C16H17NO2. The first-order valence-corrected chi connectivity index (χ1v) is 6.66. The van der Waals surface area contributed by atoms with Crippen molar-refractivity contribution >= 4 is 11.8 Å². The molecule has 3 nitrogen and oxygen atoms in total. The fourth-order valence-electron chi connectivity index (χ4n) is 2.80. The van der Waals surface area contributed by atoms with Crippen LogP contribution in [-0.2, 0) is 0 Å². The summed E-state index contributed by atoms with van der Waals surface area (Å²) < 4.78 is 0. The van der Waals surface area contributed by atoms with Crippen molar-refractivity contribution in [3.8, 4) is 0 Å². The first-order chi connectivity index (χ1) is 8.99. The van der Waals surface area contributed by atoms with Crippen LogP contribution in [-0.4, -0.2) is 22.8 Å². The molecule has 0 bridgehead atoms. The summed E-state index contributed by atoms with van der Waals surface area (Å²) in [4.78, 5) is 26.1. The number of amides is 2. The van der Waals surface area contributed by atoms with E-state index in [9.17, 15) is 9.59 Å². The van der Waals surface area contributed by atoms with E-state index < -0.39 is 0 Å². The molecule has 0 unspecified atom stereocenters. The van der Waals surface area contributed by atoms with Gasteiger partial charge in [-0.25, -0.2) is 0 Å². The molecule has 0 radical (unpaired) electrons. The Kier molecular flexibility index (Phi) is 2.59. The predicted octanol–water partition coefficient (Wildman–Crippen LogP) is 3.03. The van der Waals surface area contributed by atoms with Crippen molar-refractivity contribution in [1.82, 2.24) is 4.90 Å². The van der Waals surface area contributed by atoms with Crippen LogP contribution in [0.5, 0.6) is 0 Å². The zero-order valence-electron chi connectivity index (χ0n) is 11.2. The minimum Gasteiger partial charge on any atom is -0.269 e. The van der Waals surface area contributed by atoms with Crippen molar-refractivity contribution < 1.29 is 9.59 Å². The lowest BCUT2D eigenvalue weighted by Gasteiger charge is -2.32. The second kappa shape index (κ2) is 4.05. The SMILES string of the molecule is CC1(C)C=C[C@@H](N2C(=O)c3ccccc3C2=O)CC1. The lowest BCUT2D eigenvalue weighted by Crippen LogP contribution is -2.40. The fourth-order valence-corrected chi connectivity index (χ4v) is 2.80. The first-order valence-electron chi connectivity index (χ1n) is 6.66. The van der Waals surface area contributed by atoms with E-state index in [1.165, 1.54) is 4.90 Å². The Bertz CT molecular complexity index is 551. The van der Waals surface area contributed by atoms with Gasteiger partial charge in [-0.1, -0.05) is 38.1 Å². The molecule has 0 spiro atoms. The van der Waals surface area contributed by atoms with Crippen LogP contribution in [0.25, 0.3) is 0 Å². The summed E-state index contributed by atoms with van der Waals surface area (Å²) in [5.74, 6) is -0.315. The minimum absolute atomic E-state index is 0.0968. The minimum atomic E-state index is -0.157. The quantitative estimate of drug-likeness (QED) is 0.571. The van der Waals surface area contributed by atoms with Crippen LogP contribution in [0.15, 0.2) is 36.4 Å². The summed E-state index contributed by atoms with van der Waals surface area (Å²) in [6.07, 6.45) is 5.95. The molecule has 0 N–H and O–H groups in total. The standard InChI is InChI=1S/C16H17NO2/c1-16(2)9-7-11(8-10-16)17-14(18)12-5-3-4-6-13(12)15(17)19/h3-7,9,11H,8,10H2,1-2H3/t11-/m1/s1. The van der Waals surface area contributed by atoms with E-state index in [1.54, 1.807) is 24.3 Å². The molecular weight excluding hydrogens is 238 g/mol. The van der Waals surface area contributed by atoms with Gasteiger partial charge in [-0.3, -0.25) is 14.5 Å². The van der Waals surface area contributed by atoms with E-state index in [0.717, 1.165) is 12.8 Å². The zero-order chi connectivity index (χ0) is 13.6. The number of imide groups is 1. The Labute approximate surface area is 112 Å². The maximum Gasteiger partial charge on any atom is 0.262 e. The van der Waals surface area contributed by atoms with Crippen LogP contribution < -0.4 is 0 Å². The summed E-state index contributed by atoms with van der Waals surface area (Å²) in [5, 5.41) is 0. The van der Waals surface area contributed by atoms with Crippen LogP contribution in [0.4, 0.5) is 0 Å². The van der Waals surface area contributed by atoms with Crippen molar-refractivity contribution in [2.45, 2.75) is 32.7 Å². The summed E-state index contributed by atoms with van der Waals surface area (Å²) >= 11 is 0. The highest BCUT2D eigenvalue weighted by Crippen LogP contribution is 2.34. The molecule has 3 heteroatoms. The third-order valence-corrected chi connectivity index (χ3v) is 4.01. The van der Waals surface area contributed by atoms with E-state index >= 15 is 0 Å². The highest BCUT2D eigenvalue weighted by molar-refractivity contribution is 6.21. The predicted molar refractivity (Wildman–Crippen MR) is 72.9 cm³/mol. The number of fused-ring (bicyclic) bond motifs is 1. The van der Waals surface area contributed by atoms with E-state index in [2.05, 4.69) is 19.9 Å². The molecule has 2 amide bonds. The average Bonchev–Trinajstić information content (AvgIpc) is 2.64. The molecule has 2 aliphatic rings. The molecule has 1 aromatic rings. The van der Waals surface area contributed by atoms with Gasteiger partial charge in [0.2, 0.25) is 0 Å². The van der Waals surface area contributed by atoms with E-state index in [1.807, 2.05) is 6.08 Å². The molecule has 1 aliphatic carbocycles. The lowest BCUT2D eigenvalue weighted by molar-refractivity contribution is 0.0596. The number of hydrogen-bond donors (Lipinski definition) is 0. The van der Waals surface area contributed by atoms with Gasteiger partial charge in [0, 0.05) is 0 Å². The van der Waals surface area contributed by atoms with Gasteiger partial charge in [-0.05, 0) is 30.4 Å². The number of hydrogen-bond acceptors (Lipinski definition) is 2. The highest BCUT2D eigenvalue weighted by Gasteiger charge is 2.40. The molecule has 0 aromatic heterocycles. The lowest BCUT2D eigenvalue weighted by atomic mass is 9.81. The van der Waals surface area contributed by atoms with Crippen LogP contribution in [0.1, 0.15) is 47.4 Å². The molecule has 1 aromatic carbocycles. The third kappa shape index (κ3) is 1.89. The molecule has 0 saturated heterocycles. The normalized spacial score (nSPS) is 24.7. The largest absolute Gasteiger partial charge is 0.269 e. The van der Waals surface area contributed by atoms with Gasteiger partial charge in [0.05, 0.1) is 17.2 Å². The Hall–Kier alpha value is -1.90. The fraction of sp³-hybridized carbons (Fsp3) is 0.375. The number of carbonyl (C=O) groups is 2. The second-order valence-corrected chi connectivity index (χ2v) is 5.98. The summed E-state index contributed by atoms with van der Waals surface area (Å²) in [7, 11) is 0. The van der Waals surface area contributed by atoms with Crippen LogP contribution in [0.2, 0.25) is 0 Å². The number of nitrogens with zero attached hydrogens (tertiary/aromatic N) is 1. The van der Waals surface area contributed by atoms with E-state index in [0.29, 0.717) is 11.1 Å². The van der Waals surface area contributed by atoms with Crippen molar-refractivity contribution in [3.63, 3.8) is 0 Å². The molecule has 3 rings (SSSR count). The van der Waals surface area contributed by atoms with Gasteiger partial charge >= 0.3 is 0 Å².